The number of para-hydroxylation sites is 2. The number of anilines is 1. The predicted octanol–water partition coefficient (Wildman–Crippen LogP) is 3.80. The van der Waals surface area contributed by atoms with Crippen LogP contribution in [-0.4, -0.2) is 29.5 Å². The van der Waals surface area contributed by atoms with Gasteiger partial charge in [-0.25, -0.2) is 0 Å². The molecule has 1 saturated heterocycles. The van der Waals surface area contributed by atoms with Crippen LogP contribution in [0, 0.1) is 0 Å². The number of H-pyrrole nitrogens is 1. The van der Waals surface area contributed by atoms with Crippen LogP contribution in [0.5, 0.6) is 11.5 Å². The third kappa shape index (κ3) is 4.41. The molecular formula is C21H23N3O3. The molecule has 27 heavy (non-hydrogen) atoms. The lowest BCUT2D eigenvalue weighted by Gasteiger charge is -2.11. The number of hydrogen-bond acceptors (Lipinski definition) is 5. The molecular weight excluding hydrogens is 342 g/mol. The van der Waals surface area contributed by atoms with Crippen LogP contribution in [-0.2, 0) is 11.3 Å². The molecule has 0 radical (unpaired) electrons. The number of ether oxygens (including phenoxy) is 3. The van der Waals surface area contributed by atoms with Gasteiger partial charge in [0, 0.05) is 12.2 Å². The molecule has 4 rings (SSSR count). The van der Waals surface area contributed by atoms with Gasteiger partial charge in [0.05, 0.1) is 23.2 Å². The van der Waals surface area contributed by atoms with E-state index < -0.39 is 0 Å². The molecule has 1 aliphatic rings. The van der Waals surface area contributed by atoms with Gasteiger partial charge in [-0.15, -0.1) is 0 Å². The Kier molecular flexibility index (Phi) is 5.25. The molecule has 3 N–H and O–H groups in total. The average Bonchev–Trinajstić information content (AvgIpc) is 3.38. The summed E-state index contributed by atoms with van der Waals surface area (Å²) in [6, 6.07) is 17.3. The molecule has 2 heterocycles. The number of aromatic amines is 1. The van der Waals surface area contributed by atoms with Crippen LogP contribution in [0.2, 0.25) is 0 Å². The van der Waals surface area contributed by atoms with Gasteiger partial charge in [0.2, 0.25) is 0 Å². The third-order valence-corrected chi connectivity index (χ3v) is 4.54. The Morgan fingerprint density at radius 1 is 1.11 bits per heavy atom. The standard InChI is InChI=1S/C21H23N3O3/c22-19-5-1-2-6-21(19)27-13-16-12-20(24-23-16)15-7-9-17(10-8-15)26-14-18-4-3-11-25-18/h1-2,5-10,12,18H,3-4,11,13-14,22H2,(H,23,24). The van der Waals surface area contributed by atoms with E-state index in [0.717, 1.165) is 42.1 Å². The van der Waals surface area contributed by atoms with Gasteiger partial charge >= 0.3 is 0 Å². The maximum Gasteiger partial charge on any atom is 0.142 e. The van der Waals surface area contributed by atoms with Gasteiger partial charge in [0.15, 0.2) is 0 Å². The molecule has 3 aromatic rings. The molecule has 6 nitrogen and oxygen atoms in total. The van der Waals surface area contributed by atoms with Crippen LogP contribution in [0.4, 0.5) is 5.69 Å². The Morgan fingerprint density at radius 3 is 2.74 bits per heavy atom. The van der Waals surface area contributed by atoms with E-state index >= 15 is 0 Å². The summed E-state index contributed by atoms with van der Waals surface area (Å²) >= 11 is 0. The molecule has 6 heteroatoms. The fourth-order valence-corrected chi connectivity index (χ4v) is 3.04. The number of nitrogens with one attached hydrogen (secondary N) is 1. The van der Waals surface area contributed by atoms with Crippen LogP contribution >= 0.6 is 0 Å². The number of hydrogen-bond donors (Lipinski definition) is 2. The summed E-state index contributed by atoms with van der Waals surface area (Å²) in [6.45, 7) is 1.82. The van der Waals surface area contributed by atoms with Crippen molar-refractivity contribution in [3.8, 4) is 22.8 Å². The van der Waals surface area contributed by atoms with E-state index in [2.05, 4.69) is 10.2 Å². The van der Waals surface area contributed by atoms with Crippen molar-refractivity contribution in [1.29, 1.82) is 0 Å². The Balaban J connectivity index is 1.34. The van der Waals surface area contributed by atoms with Gasteiger partial charge in [-0.05, 0) is 55.3 Å². The fourth-order valence-electron chi connectivity index (χ4n) is 3.04. The molecule has 1 aromatic heterocycles. The normalized spacial score (nSPS) is 16.4. The van der Waals surface area contributed by atoms with Crippen molar-refractivity contribution in [3.63, 3.8) is 0 Å². The van der Waals surface area contributed by atoms with Crippen molar-refractivity contribution in [2.45, 2.75) is 25.6 Å². The minimum Gasteiger partial charge on any atom is -0.491 e. The van der Waals surface area contributed by atoms with Crippen molar-refractivity contribution in [2.24, 2.45) is 0 Å². The summed E-state index contributed by atoms with van der Waals surface area (Å²) in [5.41, 5.74) is 9.27. The van der Waals surface area contributed by atoms with Gasteiger partial charge < -0.3 is 19.9 Å². The lowest BCUT2D eigenvalue weighted by Crippen LogP contribution is -2.16. The molecule has 1 fully saturated rings. The van der Waals surface area contributed by atoms with Crippen molar-refractivity contribution >= 4 is 5.69 Å². The van der Waals surface area contributed by atoms with E-state index in [1.165, 1.54) is 0 Å². The number of rotatable bonds is 7. The van der Waals surface area contributed by atoms with E-state index in [1.54, 1.807) is 0 Å². The first kappa shape index (κ1) is 17.4. The van der Waals surface area contributed by atoms with Crippen LogP contribution in [0.25, 0.3) is 11.3 Å². The van der Waals surface area contributed by atoms with Crippen LogP contribution in [0.15, 0.2) is 54.6 Å². The maximum absolute atomic E-state index is 5.89. The van der Waals surface area contributed by atoms with Gasteiger partial charge in [-0.2, -0.15) is 5.10 Å². The van der Waals surface area contributed by atoms with Gasteiger partial charge in [0.25, 0.3) is 0 Å². The lowest BCUT2D eigenvalue weighted by molar-refractivity contribution is 0.0679. The second kappa shape index (κ2) is 8.14. The van der Waals surface area contributed by atoms with E-state index in [-0.39, 0.29) is 6.10 Å². The molecule has 140 valence electrons. The highest BCUT2D eigenvalue weighted by atomic mass is 16.5. The van der Waals surface area contributed by atoms with E-state index in [9.17, 15) is 0 Å². The number of nitrogens with zero attached hydrogens (tertiary/aromatic N) is 1. The highest BCUT2D eigenvalue weighted by molar-refractivity contribution is 5.60. The number of benzene rings is 2. The smallest absolute Gasteiger partial charge is 0.142 e. The maximum atomic E-state index is 5.89. The van der Waals surface area contributed by atoms with Crippen molar-refractivity contribution < 1.29 is 14.2 Å². The second-order valence-corrected chi connectivity index (χ2v) is 6.58. The Morgan fingerprint density at radius 2 is 1.96 bits per heavy atom. The Labute approximate surface area is 158 Å². The SMILES string of the molecule is Nc1ccccc1OCc1cc(-c2ccc(OCC3CCCO3)cc2)n[nH]1. The van der Waals surface area contributed by atoms with E-state index in [1.807, 2.05) is 54.6 Å². The summed E-state index contributed by atoms with van der Waals surface area (Å²) in [5, 5.41) is 7.37. The summed E-state index contributed by atoms with van der Waals surface area (Å²) in [6.07, 6.45) is 2.41. The van der Waals surface area contributed by atoms with Crippen molar-refractivity contribution in [2.75, 3.05) is 18.9 Å². The van der Waals surface area contributed by atoms with E-state index in [4.69, 9.17) is 19.9 Å². The second-order valence-electron chi connectivity index (χ2n) is 6.58. The highest BCUT2D eigenvalue weighted by Crippen LogP contribution is 2.24. The zero-order chi connectivity index (χ0) is 18.5. The summed E-state index contributed by atoms with van der Waals surface area (Å²) in [4.78, 5) is 0. The zero-order valence-electron chi connectivity index (χ0n) is 15.1. The summed E-state index contributed by atoms with van der Waals surface area (Å²) in [5.74, 6) is 1.51. The first-order valence-electron chi connectivity index (χ1n) is 9.14. The third-order valence-electron chi connectivity index (χ3n) is 4.54. The number of aromatic nitrogens is 2. The first-order valence-corrected chi connectivity index (χ1v) is 9.14. The number of nitrogen functional groups attached to an aromatic ring is 1. The lowest BCUT2D eigenvalue weighted by atomic mass is 10.1. The molecule has 0 saturated carbocycles. The Hall–Kier alpha value is -2.99. The highest BCUT2D eigenvalue weighted by Gasteiger charge is 2.16. The average molecular weight is 365 g/mol. The van der Waals surface area contributed by atoms with Crippen LogP contribution in [0.1, 0.15) is 18.5 Å². The molecule has 0 spiro atoms. The minimum absolute atomic E-state index is 0.220. The molecule has 1 atom stereocenters. The fraction of sp³-hybridized carbons (Fsp3) is 0.286. The van der Waals surface area contributed by atoms with Crippen LogP contribution in [0.3, 0.4) is 0 Å². The molecule has 0 bridgehead atoms. The summed E-state index contributed by atoms with van der Waals surface area (Å²) < 4.78 is 17.1. The van der Waals surface area contributed by atoms with Crippen molar-refractivity contribution in [1.82, 2.24) is 10.2 Å². The van der Waals surface area contributed by atoms with Gasteiger partial charge in [0.1, 0.15) is 24.7 Å². The monoisotopic (exact) mass is 365 g/mol. The minimum atomic E-state index is 0.220. The zero-order valence-corrected chi connectivity index (χ0v) is 15.1. The molecule has 1 aliphatic heterocycles. The molecule has 1 unspecified atom stereocenters. The quantitative estimate of drug-likeness (QED) is 0.623. The summed E-state index contributed by atoms with van der Waals surface area (Å²) in [7, 11) is 0. The van der Waals surface area contributed by atoms with Gasteiger partial charge in [-0.3, -0.25) is 5.10 Å². The first-order chi connectivity index (χ1) is 13.3. The number of nitrogens with two attached hydrogens (primary N) is 1. The van der Waals surface area contributed by atoms with Crippen molar-refractivity contribution in [3.05, 3.63) is 60.3 Å². The Bertz CT molecular complexity index is 870. The molecule has 2 aromatic carbocycles. The van der Waals surface area contributed by atoms with Gasteiger partial charge in [-0.1, -0.05) is 12.1 Å². The van der Waals surface area contributed by atoms with E-state index in [0.29, 0.717) is 24.7 Å². The molecule has 0 amide bonds. The van der Waals surface area contributed by atoms with Crippen LogP contribution < -0.4 is 15.2 Å². The largest absolute Gasteiger partial charge is 0.491 e. The molecule has 0 aliphatic carbocycles. The predicted molar refractivity (Wildman–Crippen MR) is 104 cm³/mol. The topological polar surface area (TPSA) is 82.4 Å².